The molecule has 1 amide bonds. The summed E-state index contributed by atoms with van der Waals surface area (Å²) in [5.74, 6) is 0.980. The fraction of sp³-hybridized carbons (Fsp3) is 0.923. The average molecular weight is 226 g/mol. The number of carbonyl (C=O) groups excluding carboxylic acids is 1. The number of amides is 1. The fourth-order valence-electron chi connectivity index (χ4n) is 2.50. The first kappa shape index (κ1) is 13.5. The number of hydrogen-bond acceptors (Lipinski definition) is 2. The Morgan fingerprint density at radius 3 is 2.62 bits per heavy atom. The maximum Gasteiger partial charge on any atom is 0.221 e. The summed E-state index contributed by atoms with van der Waals surface area (Å²) in [6.45, 7) is 5.75. The first-order chi connectivity index (χ1) is 7.74. The molecule has 0 spiro atoms. The summed E-state index contributed by atoms with van der Waals surface area (Å²) >= 11 is 0. The molecule has 0 aromatic rings. The van der Waals surface area contributed by atoms with Crippen LogP contribution >= 0.6 is 0 Å². The van der Waals surface area contributed by atoms with Crippen molar-refractivity contribution in [2.45, 2.75) is 58.4 Å². The van der Waals surface area contributed by atoms with Crippen molar-refractivity contribution in [3.63, 3.8) is 0 Å². The van der Waals surface area contributed by atoms with Crippen molar-refractivity contribution in [2.24, 2.45) is 5.92 Å². The number of hydrogen-bond donors (Lipinski definition) is 2. The molecule has 0 bridgehead atoms. The van der Waals surface area contributed by atoms with Gasteiger partial charge in [0.25, 0.3) is 0 Å². The van der Waals surface area contributed by atoms with E-state index in [4.69, 9.17) is 0 Å². The minimum absolute atomic E-state index is 0.158. The van der Waals surface area contributed by atoms with Gasteiger partial charge in [-0.3, -0.25) is 4.79 Å². The van der Waals surface area contributed by atoms with Crippen LogP contribution in [0.25, 0.3) is 0 Å². The molecule has 1 aliphatic carbocycles. The molecule has 1 atom stereocenters. The number of rotatable bonds is 6. The van der Waals surface area contributed by atoms with Crippen molar-refractivity contribution >= 4 is 5.91 Å². The lowest BCUT2D eigenvalue weighted by molar-refractivity contribution is -0.120. The fourth-order valence-corrected chi connectivity index (χ4v) is 2.50. The predicted molar refractivity (Wildman–Crippen MR) is 67.3 cm³/mol. The van der Waals surface area contributed by atoms with Gasteiger partial charge in [0.2, 0.25) is 5.91 Å². The van der Waals surface area contributed by atoms with E-state index in [1.54, 1.807) is 0 Å². The van der Waals surface area contributed by atoms with Crippen molar-refractivity contribution in [1.29, 1.82) is 0 Å². The van der Waals surface area contributed by atoms with Gasteiger partial charge >= 0.3 is 0 Å². The maximum absolute atomic E-state index is 11.2. The summed E-state index contributed by atoms with van der Waals surface area (Å²) in [5, 5.41) is 6.30. The van der Waals surface area contributed by atoms with Crippen molar-refractivity contribution in [3.8, 4) is 0 Å². The molecule has 0 radical (unpaired) electrons. The van der Waals surface area contributed by atoms with Gasteiger partial charge in [0.1, 0.15) is 0 Å². The second kappa shape index (κ2) is 7.66. The van der Waals surface area contributed by atoms with Crippen LogP contribution in [0.5, 0.6) is 0 Å². The second-order valence-electron chi connectivity index (χ2n) is 4.84. The summed E-state index contributed by atoms with van der Waals surface area (Å²) in [5.41, 5.74) is 0. The molecular formula is C13H26N2O. The van der Waals surface area contributed by atoms with Crippen LogP contribution < -0.4 is 10.6 Å². The molecule has 1 aliphatic rings. The van der Waals surface area contributed by atoms with Gasteiger partial charge in [-0.05, 0) is 32.6 Å². The van der Waals surface area contributed by atoms with E-state index in [9.17, 15) is 4.79 Å². The van der Waals surface area contributed by atoms with Crippen LogP contribution in [0.1, 0.15) is 52.4 Å². The first-order valence-electron chi connectivity index (χ1n) is 6.74. The van der Waals surface area contributed by atoms with Crippen LogP contribution in [0.2, 0.25) is 0 Å². The van der Waals surface area contributed by atoms with Gasteiger partial charge in [0.05, 0.1) is 0 Å². The molecule has 0 aromatic carbocycles. The Hall–Kier alpha value is -0.570. The third kappa shape index (κ3) is 4.97. The van der Waals surface area contributed by atoms with Gasteiger partial charge < -0.3 is 10.6 Å². The standard InChI is InChI=1S/C13H26N2O/c1-3-14-13(16)9-10-15-11(2)12-7-5-4-6-8-12/h11-12,15H,3-10H2,1-2H3,(H,14,16). The normalized spacial score (nSPS) is 19.4. The van der Waals surface area contributed by atoms with E-state index < -0.39 is 0 Å². The van der Waals surface area contributed by atoms with Gasteiger partial charge in [-0.25, -0.2) is 0 Å². The highest BCUT2D eigenvalue weighted by Crippen LogP contribution is 2.26. The van der Waals surface area contributed by atoms with E-state index in [2.05, 4.69) is 17.6 Å². The van der Waals surface area contributed by atoms with E-state index in [0.717, 1.165) is 19.0 Å². The zero-order valence-corrected chi connectivity index (χ0v) is 10.7. The molecule has 1 saturated carbocycles. The summed E-state index contributed by atoms with van der Waals surface area (Å²) in [7, 11) is 0. The molecule has 0 aliphatic heterocycles. The Bertz CT molecular complexity index is 200. The molecule has 3 nitrogen and oxygen atoms in total. The molecular weight excluding hydrogens is 200 g/mol. The van der Waals surface area contributed by atoms with Crippen molar-refractivity contribution in [3.05, 3.63) is 0 Å². The number of nitrogens with one attached hydrogen (secondary N) is 2. The van der Waals surface area contributed by atoms with Crippen LogP contribution in [-0.2, 0) is 4.79 Å². The lowest BCUT2D eigenvalue weighted by atomic mass is 9.84. The minimum Gasteiger partial charge on any atom is -0.356 e. The quantitative estimate of drug-likeness (QED) is 0.728. The molecule has 94 valence electrons. The molecule has 1 rings (SSSR count). The molecule has 0 heterocycles. The highest BCUT2D eigenvalue weighted by molar-refractivity contribution is 5.75. The Morgan fingerprint density at radius 1 is 1.31 bits per heavy atom. The summed E-state index contributed by atoms with van der Waals surface area (Å²) in [6, 6.07) is 0.565. The van der Waals surface area contributed by atoms with Crippen molar-refractivity contribution in [1.82, 2.24) is 10.6 Å². The largest absolute Gasteiger partial charge is 0.356 e. The minimum atomic E-state index is 0.158. The summed E-state index contributed by atoms with van der Waals surface area (Å²) in [6.07, 6.45) is 7.48. The van der Waals surface area contributed by atoms with E-state index >= 15 is 0 Å². The van der Waals surface area contributed by atoms with Crippen LogP contribution in [-0.4, -0.2) is 25.0 Å². The van der Waals surface area contributed by atoms with Crippen molar-refractivity contribution < 1.29 is 4.79 Å². The topological polar surface area (TPSA) is 41.1 Å². The maximum atomic E-state index is 11.2. The second-order valence-corrected chi connectivity index (χ2v) is 4.84. The molecule has 2 N–H and O–H groups in total. The molecule has 3 heteroatoms. The van der Waals surface area contributed by atoms with Gasteiger partial charge in [0.15, 0.2) is 0 Å². The SMILES string of the molecule is CCNC(=O)CCNC(C)C1CCCCC1. The highest BCUT2D eigenvalue weighted by Gasteiger charge is 2.19. The Kier molecular flexibility index (Phi) is 6.46. The third-order valence-electron chi connectivity index (χ3n) is 3.55. The predicted octanol–water partition coefficient (Wildman–Crippen LogP) is 2.07. The van der Waals surface area contributed by atoms with E-state index in [1.807, 2.05) is 6.92 Å². The number of carbonyl (C=O) groups is 1. The lowest BCUT2D eigenvalue weighted by Gasteiger charge is -2.28. The molecule has 1 fully saturated rings. The van der Waals surface area contributed by atoms with E-state index in [0.29, 0.717) is 12.5 Å². The third-order valence-corrected chi connectivity index (χ3v) is 3.55. The van der Waals surface area contributed by atoms with Crippen LogP contribution in [0, 0.1) is 5.92 Å². The molecule has 1 unspecified atom stereocenters. The molecule has 0 saturated heterocycles. The van der Waals surface area contributed by atoms with Crippen LogP contribution in [0.3, 0.4) is 0 Å². The summed E-state index contributed by atoms with van der Waals surface area (Å²) < 4.78 is 0. The smallest absolute Gasteiger partial charge is 0.221 e. The monoisotopic (exact) mass is 226 g/mol. The van der Waals surface area contributed by atoms with Gasteiger partial charge in [-0.1, -0.05) is 19.3 Å². The lowest BCUT2D eigenvalue weighted by Crippen LogP contribution is -2.37. The zero-order chi connectivity index (χ0) is 11.8. The van der Waals surface area contributed by atoms with Crippen LogP contribution in [0.4, 0.5) is 0 Å². The highest BCUT2D eigenvalue weighted by atomic mass is 16.1. The van der Waals surface area contributed by atoms with Gasteiger partial charge in [0, 0.05) is 25.6 Å². The van der Waals surface area contributed by atoms with E-state index in [1.165, 1.54) is 32.1 Å². The van der Waals surface area contributed by atoms with Gasteiger partial charge in [-0.15, -0.1) is 0 Å². The van der Waals surface area contributed by atoms with Gasteiger partial charge in [-0.2, -0.15) is 0 Å². The Morgan fingerprint density at radius 2 is 2.00 bits per heavy atom. The Labute approximate surface area is 99.4 Å². The average Bonchev–Trinajstić information content (AvgIpc) is 2.30. The zero-order valence-electron chi connectivity index (χ0n) is 10.7. The molecule has 16 heavy (non-hydrogen) atoms. The first-order valence-corrected chi connectivity index (χ1v) is 6.74. The molecule has 0 aromatic heterocycles. The van der Waals surface area contributed by atoms with E-state index in [-0.39, 0.29) is 5.91 Å². The van der Waals surface area contributed by atoms with Crippen LogP contribution in [0.15, 0.2) is 0 Å². The summed E-state index contributed by atoms with van der Waals surface area (Å²) in [4.78, 5) is 11.2. The Balaban J connectivity index is 2.09. The van der Waals surface area contributed by atoms with Crippen molar-refractivity contribution in [2.75, 3.05) is 13.1 Å².